The predicted molar refractivity (Wildman–Crippen MR) is 118 cm³/mol. The number of methoxy groups -OCH3 is 1. The van der Waals surface area contributed by atoms with E-state index in [1.165, 1.54) is 5.69 Å². The average Bonchev–Trinajstić information content (AvgIpc) is 2.80. The highest BCUT2D eigenvalue weighted by molar-refractivity contribution is 6.06. The molecular weight excluding hydrogens is 362 g/mol. The van der Waals surface area contributed by atoms with E-state index in [1.54, 1.807) is 31.4 Å². The van der Waals surface area contributed by atoms with Crippen molar-refractivity contribution in [1.82, 2.24) is 0 Å². The summed E-state index contributed by atoms with van der Waals surface area (Å²) >= 11 is 0. The third kappa shape index (κ3) is 4.35. The summed E-state index contributed by atoms with van der Waals surface area (Å²) < 4.78 is 5.16. The Morgan fingerprint density at radius 3 is 2.10 bits per heavy atom. The van der Waals surface area contributed by atoms with E-state index in [0.29, 0.717) is 5.56 Å². The van der Waals surface area contributed by atoms with Crippen molar-refractivity contribution in [1.29, 1.82) is 0 Å². The second-order valence-electron chi connectivity index (χ2n) is 7.01. The number of piperazine rings is 1. The molecule has 0 aliphatic carbocycles. The summed E-state index contributed by atoms with van der Waals surface area (Å²) in [5, 5.41) is 3.07. The van der Waals surface area contributed by atoms with Gasteiger partial charge in [-0.15, -0.1) is 0 Å². The van der Waals surface area contributed by atoms with E-state index in [-0.39, 0.29) is 5.91 Å². The lowest BCUT2D eigenvalue weighted by atomic mass is 10.1. The molecule has 1 aliphatic heterocycles. The first-order valence-corrected chi connectivity index (χ1v) is 9.84. The van der Waals surface area contributed by atoms with Gasteiger partial charge in [-0.25, -0.2) is 0 Å². The number of hydrogen-bond acceptors (Lipinski definition) is 4. The zero-order valence-corrected chi connectivity index (χ0v) is 16.5. The standard InChI is InChI=1S/C24H25N3O2/c1-29-21-13-11-19(12-14-21)24(28)25-22-9-5-6-10-23(22)27-17-15-26(16-18-27)20-7-3-2-4-8-20/h2-14H,15-18H2,1H3,(H,25,28). The molecule has 1 heterocycles. The first-order valence-electron chi connectivity index (χ1n) is 9.84. The Morgan fingerprint density at radius 1 is 0.793 bits per heavy atom. The smallest absolute Gasteiger partial charge is 0.255 e. The van der Waals surface area contributed by atoms with Crippen molar-refractivity contribution in [3.8, 4) is 5.75 Å². The van der Waals surface area contributed by atoms with Crippen LogP contribution in [-0.4, -0.2) is 39.2 Å². The lowest BCUT2D eigenvalue weighted by molar-refractivity contribution is 0.102. The molecule has 0 aromatic heterocycles. The third-order valence-electron chi connectivity index (χ3n) is 5.25. The maximum Gasteiger partial charge on any atom is 0.255 e. The highest BCUT2D eigenvalue weighted by atomic mass is 16.5. The number of hydrogen-bond donors (Lipinski definition) is 1. The zero-order chi connectivity index (χ0) is 20.1. The van der Waals surface area contributed by atoms with E-state index in [0.717, 1.165) is 43.3 Å². The van der Waals surface area contributed by atoms with Crippen LogP contribution in [0.3, 0.4) is 0 Å². The Bertz CT molecular complexity index is 949. The van der Waals surface area contributed by atoms with E-state index in [2.05, 4.69) is 45.4 Å². The van der Waals surface area contributed by atoms with E-state index >= 15 is 0 Å². The molecular formula is C24H25N3O2. The number of nitrogens with zero attached hydrogens (tertiary/aromatic N) is 2. The second-order valence-corrected chi connectivity index (χ2v) is 7.01. The molecule has 5 nitrogen and oxygen atoms in total. The maximum atomic E-state index is 12.7. The zero-order valence-electron chi connectivity index (χ0n) is 16.5. The molecule has 4 rings (SSSR count). The highest BCUT2D eigenvalue weighted by Crippen LogP contribution is 2.28. The van der Waals surface area contributed by atoms with Gasteiger partial charge >= 0.3 is 0 Å². The molecule has 0 spiro atoms. The first-order chi connectivity index (χ1) is 14.2. The van der Waals surface area contributed by atoms with Crippen molar-refractivity contribution in [2.75, 3.05) is 48.4 Å². The van der Waals surface area contributed by atoms with Crippen molar-refractivity contribution < 1.29 is 9.53 Å². The number of rotatable bonds is 5. The molecule has 1 fully saturated rings. The third-order valence-corrected chi connectivity index (χ3v) is 5.25. The number of carbonyl (C=O) groups excluding carboxylic acids is 1. The number of nitrogens with one attached hydrogen (secondary N) is 1. The number of para-hydroxylation sites is 3. The van der Waals surface area contributed by atoms with Gasteiger partial charge in [0.05, 0.1) is 18.5 Å². The van der Waals surface area contributed by atoms with Gasteiger partial charge in [-0.3, -0.25) is 4.79 Å². The fourth-order valence-corrected chi connectivity index (χ4v) is 3.64. The summed E-state index contributed by atoms with van der Waals surface area (Å²) in [6.45, 7) is 3.71. The van der Waals surface area contributed by atoms with Crippen LogP contribution in [0.1, 0.15) is 10.4 Å². The first kappa shape index (κ1) is 18.9. The average molecular weight is 387 g/mol. The van der Waals surface area contributed by atoms with Crippen LogP contribution < -0.4 is 19.9 Å². The summed E-state index contributed by atoms with van der Waals surface area (Å²) in [4.78, 5) is 17.4. The Hall–Kier alpha value is -3.47. The normalized spacial score (nSPS) is 13.8. The lowest BCUT2D eigenvalue weighted by Crippen LogP contribution is -2.46. The molecule has 3 aromatic rings. The van der Waals surface area contributed by atoms with Gasteiger partial charge < -0.3 is 19.9 Å². The molecule has 0 radical (unpaired) electrons. The van der Waals surface area contributed by atoms with Crippen LogP contribution >= 0.6 is 0 Å². The van der Waals surface area contributed by atoms with E-state index in [4.69, 9.17) is 4.74 Å². The number of benzene rings is 3. The summed E-state index contributed by atoms with van der Waals surface area (Å²) in [6, 6.07) is 25.6. The number of anilines is 3. The van der Waals surface area contributed by atoms with E-state index in [1.807, 2.05) is 24.3 Å². The second kappa shape index (κ2) is 8.69. The SMILES string of the molecule is COc1ccc(C(=O)Nc2ccccc2N2CCN(c3ccccc3)CC2)cc1. The van der Waals surface area contributed by atoms with Gasteiger partial charge in [-0.1, -0.05) is 30.3 Å². The molecule has 1 amide bonds. The van der Waals surface area contributed by atoms with Crippen molar-refractivity contribution in [3.05, 3.63) is 84.4 Å². The Labute approximate surface area is 171 Å². The Balaban J connectivity index is 1.45. The molecule has 1 aliphatic rings. The minimum Gasteiger partial charge on any atom is -0.497 e. The molecule has 1 saturated heterocycles. The van der Waals surface area contributed by atoms with Crippen molar-refractivity contribution in [2.24, 2.45) is 0 Å². The summed E-state index contributed by atoms with van der Waals surface area (Å²) in [5.74, 6) is 0.612. The Kier molecular flexibility index (Phi) is 5.66. The Morgan fingerprint density at radius 2 is 1.41 bits per heavy atom. The van der Waals surface area contributed by atoms with Gasteiger partial charge in [-0.2, -0.15) is 0 Å². The lowest BCUT2D eigenvalue weighted by Gasteiger charge is -2.38. The molecule has 3 aromatic carbocycles. The fraction of sp³-hybridized carbons (Fsp3) is 0.208. The fourth-order valence-electron chi connectivity index (χ4n) is 3.64. The van der Waals surface area contributed by atoms with Crippen LogP contribution in [-0.2, 0) is 0 Å². The van der Waals surface area contributed by atoms with Crippen molar-refractivity contribution in [3.63, 3.8) is 0 Å². The van der Waals surface area contributed by atoms with Crippen LogP contribution in [0.5, 0.6) is 5.75 Å². The van der Waals surface area contributed by atoms with Gasteiger partial charge in [-0.05, 0) is 48.5 Å². The van der Waals surface area contributed by atoms with Gasteiger partial charge in [0.1, 0.15) is 5.75 Å². The van der Waals surface area contributed by atoms with E-state index < -0.39 is 0 Å². The molecule has 0 unspecified atom stereocenters. The van der Waals surface area contributed by atoms with Gasteiger partial charge in [0.25, 0.3) is 5.91 Å². The number of amides is 1. The van der Waals surface area contributed by atoms with Crippen LogP contribution in [0.2, 0.25) is 0 Å². The molecule has 1 N–H and O–H groups in total. The maximum absolute atomic E-state index is 12.7. The van der Waals surface area contributed by atoms with Crippen LogP contribution in [0.25, 0.3) is 0 Å². The minimum absolute atomic E-state index is 0.122. The van der Waals surface area contributed by atoms with Crippen LogP contribution in [0, 0.1) is 0 Å². The number of ether oxygens (including phenoxy) is 1. The molecule has 29 heavy (non-hydrogen) atoms. The highest BCUT2D eigenvalue weighted by Gasteiger charge is 2.20. The monoisotopic (exact) mass is 387 g/mol. The largest absolute Gasteiger partial charge is 0.497 e. The molecule has 148 valence electrons. The van der Waals surface area contributed by atoms with Crippen LogP contribution in [0.15, 0.2) is 78.9 Å². The molecule has 0 atom stereocenters. The summed E-state index contributed by atoms with van der Waals surface area (Å²) in [7, 11) is 1.61. The van der Waals surface area contributed by atoms with E-state index in [9.17, 15) is 4.79 Å². The van der Waals surface area contributed by atoms with Crippen molar-refractivity contribution >= 4 is 23.0 Å². The van der Waals surface area contributed by atoms with Crippen molar-refractivity contribution in [2.45, 2.75) is 0 Å². The number of carbonyl (C=O) groups is 1. The van der Waals surface area contributed by atoms with Gasteiger partial charge in [0, 0.05) is 37.4 Å². The summed E-state index contributed by atoms with van der Waals surface area (Å²) in [6.07, 6.45) is 0. The van der Waals surface area contributed by atoms with Crippen LogP contribution in [0.4, 0.5) is 17.1 Å². The molecule has 0 saturated carbocycles. The minimum atomic E-state index is -0.122. The topological polar surface area (TPSA) is 44.8 Å². The predicted octanol–water partition coefficient (Wildman–Crippen LogP) is 4.27. The molecule has 0 bridgehead atoms. The summed E-state index contributed by atoms with van der Waals surface area (Å²) in [5.41, 5.74) is 3.76. The quantitative estimate of drug-likeness (QED) is 0.710. The van der Waals surface area contributed by atoms with Gasteiger partial charge in [0.15, 0.2) is 0 Å². The van der Waals surface area contributed by atoms with Gasteiger partial charge in [0.2, 0.25) is 0 Å². The molecule has 5 heteroatoms.